The first kappa shape index (κ1) is 20.5. The molecule has 1 aliphatic rings. The second-order valence-electron chi connectivity index (χ2n) is 8.25. The van der Waals surface area contributed by atoms with Crippen LogP contribution in [0.3, 0.4) is 0 Å². The number of amides is 1. The zero-order chi connectivity index (χ0) is 20.9. The van der Waals surface area contributed by atoms with Gasteiger partial charge in [-0.2, -0.15) is 5.10 Å². The lowest BCUT2D eigenvalue weighted by atomic mass is 10.1. The van der Waals surface area contributed by atoms with Crippen molar-refractivity contribution in [1.29, 1.82) is 0 Å². The van der Waals surface area contributed by atoms with Gasteiger partial charge in [-0.25, -0.2) is 9.50 Å². The van der Waals surface area contributed by atoms with Crippen molar-refractivity contribution >= 4 is 11.6 Å². The fourth-order valence-corrected chi connectivity index (χ4v) is 4.50. The highest BCUT2D eigenvalue weighted by Crippen LogP contribution is 2.28. The monoisotopic (exact) mass is 406 g/mol. The molecule has 0 atom stereocenters. The predicted octanol–water partition coefficient (Wildman–Crippen LogP) is 2.46. The molecular formula is C24H32N5O+. The van der Waals surface area contributed by atoms with Gasteiger partial charge < -0.3 is 10.2 Å². The van der Waals surface area contributed by atoms with Crippen molar-refractivity contribution < 1.29 is 9.69 Å². The van der Waals surface area contributed by atoms with Crippen LogP contribution in [0.4, 0.5) is 0 Å². The van der Waals surface area contributed by atoms with Gasteiger partial charge in [0.15, 0.2) is 5.65 Å². The number of fused-ring (bicyclic) bond motifs is 1. The summed E-state index contributed by atoms with van der Waals surface area (Å²) in [5.74, 6) is -0.0429. The summed E-state index contributed by atoms with van der Waals surface area (Å²) in [7, 11) is 0. The Labute approximate surface area is 178 Å². The molecule has 30 heavy (non-hydrogen) atoms. The van der Waals surface area contributed by atoms with E-state index in [-0.39, 0.29) is 5.91 Å². The Kier molecular flexibility index (Phi) is 6.43. The number of aryl methyl sites for hydroxylation is 2. The number of quaternary nitrogens is 1. The van der Waals surface area contributed by atoms with E-state index in [1.54, 1.807) is 11.1 Å². The Morgan fingerprint density at radius 3 is 2.67 bits per heavy atom. The fourth-order valence-electron chi connectivity index (χ4n) is 4.50. The van der Waals surface area contributed by atoms with E-state index in [4.69, 9.17) is 5.10 Å². The molecule has 0 radical (unpaired) electrons. The number of benzene rings is 1. The van der Waals surface area contributed by atoms with E-state index in [9.17, 15) is 4.79 Å². The van der Waals surface area contributed by atoms with Crippen molar-refractivity contribution in [2.45, 2.75) is 46.0 Å². The Hall–Kier alpha value is -2.73. The minimum atomic E-state index is -0.0429. The molecule has 1 aromatic carbocycles. The van der Waals surface area contributed by atoms with Crippen LogP contribution in [0.2, 0.25) is 0 Å². The molecule has 0 aliphatic carbocycles. The van der Waals surface area contributed by atoms with E-state index in [1.165, 1.54) is 32.4 Å². The van der Waals surface area contributed by atoms with E-state index in [0.717, 1.165) is 47.5 Å². The van der Waals surface area contributed by atoms with Gasteiger partial charge >= 0.3 is 0 Å². The molecule has 4 rings (SSSR count). The van der Waals surface area contributed by atoms with E-state index in [1.807, 2.05) is 29.6 Å². The quantitative estimate of drug-likeness (QED) is 0.634. The lowest BCUT2D eigenvalue weighted by Gasteiger charge is -2.23. The van der Waals surface area contributed by atoms with Gasteiger partial charge in [0.1, 0.15) is 0 Å². The van der Waals surface area contributed by atoms with Gasteiger partial charge in [0, 0.05) is 11.8 Å². The van der Waals surface area contributed by atoms with Gasteiger partial charge in [-0.15, -0.1) is 0 Å². The van der Waals surface area contributed by atoms with E-state index >= 15 is 0 Å². The van der Waals surface area contributed by atoms with Crippen molar-refractivity contribution in [1.82, 2.24) is 19.9 Å². The highest BCUT2D eigenvalue weighted by Gasteiger charge is 2.21. The lowest BCUT2D eigenvalue weighted by molar-refractivity contribution is -0.903. The maximum atomic E-state index is 13.0. The van der Waals surface area contributed by atoms with Crippen LogP contribution in [0.25, 0.3) is 16.8 Å². The number of hydrogen-bond acceptors (Lipinski definition) is 3. The van der Waals surface area contributed by atoms with Crippen molar-refractivity contribution in [3.63, 3.8) is 0 Å². The number of rotatable bonds is 7. The third-order valence-corrected chi connectivity index (χ3v) is 6.04. The molecule has 1 amide bonds. The average Bonchev–Trinajstić information content (AvgIpc) is 3.11. The van der Waals surface area contributed by atoms with E-state index in [0.29, 0.717) is 12.1 Å². The SMILES string of the molecule is CCCc1c(C(=O)NCC[NH+]2CCCCC2)cnc2c(-c3ccccc3)c(C)nn12. The Morgan fingerprint density at radius 1 is 1.17 bits per heavy atom. The fraction of sp³-hybridized carbons (Fsp3) is 0.458. The summed E-state index contributed by atoms with van der Waals surface area (Å²) < 4.78 is 1.88. The molecule has 6 heteroatoms. The molecule has 158 valence electrons. The number of piperidine rings is 1. The second-order valence-corrected chi connectivity index (χ2v) is 8.25. The first-order valence-corrected chi connectivity index (χ1v) is 11.2. The molecule has 0 unspecified atom stereocenters. The molecule has 3 aromatic rings. The summed E-state index contributed by atoms with van der Waals surface area (Å²) in [4.78, 5) is 19.3. The summed E-state index contributed by atoms with van der Waals surface area (Å²) in [6, 6.07) is 10.2. The normalized spacial score (nSPS) is 14.9. The van der Waals surface area contributed by atoms with Gasteiger partial charge in [-0.3, -0.25) is 4.79 Å². The van der Waals surface area contributed by atoms with Crippen molar-refractivity contribution in [3.05, 3.63) is 53.5 Å². The van der Waals surface area contributed by atoms with Crippen molar-refractivity contribution in [2.24, 2.45) is 0 Å². The number of likely N-dealkylation sites (tertiary alicyclic amines) is 1. The minimum Gasteiger partial charge on any atom is -0.346 e. The van der Waals surface area contributed by atoms with Crippen LogP contribution in [-0.4, -0.2) is 46.7 Å². The van der Waals surface area contributed by atoms with Crippen LogP contribution in [0, 0.1) is 6.92 Å². The topological polar surface area (TPSA) is 63.7 Å². The lowest BCUT2D eigenvalue weighted by Crippen LogP contribution is -3.13. The van der Waals surface area contributed by atoms with Gasteiger partial charge in [-0.1, -0.05) is 43.7 Å². The third kappa shape index (κ3) is 4.24. The smallest absolute Gasteiger partial charge is 0.254 e. The molecule has 2 aromatic heterocycles. The molecule has 1 saturated heterocycles. The zero-order valence-electron chi connectivity index (χ0n) is 18.1. The van der Waals surface area contributed by atoms with Gasteiger partial charge in [-0.05, 0) is 38.2 Å². The number of nitrogens with one attached hydrogen (secondary N) is 2. The van der Waals surface area contributed by atoms with E-state index in [2.05, 4.69) is 29.4 Å². The molecule has 1 fully saturated rings. The van der Waals surface area contributed by atoms with Crippen LogP contribution in [-0.2, 0) is 6.42 Å². The first-order valence-electron chi connectivity index (χ1n) is 11.2. The molecule has 0 saturated carbocycles. The van der Waals surface area contributed by atoms with Crippen LogP contribution < -0.4 is 10.2 Å². The molecule has 2 N–H and O–H groups in total. The highest BCUT2D eigenvalue weighted by molar-refractivity contribution is 5.95. The van der Waals surface area contributed by atoms with Gasteiger partial charge in [0.05, 0.1) is 43.1 Å². The third-order valence-electron chi connectivity index (χ3n) is 6.04. The second kappa shape index (κ2) is 9.39. The van der Waals surface area contributed by atoms with Crippen molar-refractivity contribution in [2.75, 3.05) is 26.2 Å². The maximum absolute atomic E-state index is 13.0. The van der Waals surface area contributed by atoms with Crippen LogP contribution in [0.1, 0.15) is 54.4 Å². The molecular weight excluding hydrogens is 374 g/mol. The van der Waals surface area contributed by atoms with Crippen LogP contribution in [0.5, 0.6) is 0 Å². The number of aromatic nitrogens is 3. The highest BCUT2D eigenvalue weighted by atomic mass is 16.1. The van der Waals surface area contributed by atoms with Crippen LogP contribution in [0.15, 0.2) is 36.5 Å². The predicted molar refractivity (Wildman–Crippen MR) is 119 cm³/mol. The summed E-state index contributed by atoms with van der Waals surface area (Å²) in [6.45, 7) is 8.27. The maximum Gasteiger partial charge on any atom is 0.254 e. The first-order chi connectivity index (χ1) is 14.7. The zero-order valence-corrected chi connectivity index (χ0v) is 18.1. The molecule has 6 nitrogen and oxygen atoms in total. The van der Waals surface area contributed by atoms with E-state index < -0.39 is 0 Å². The minimum absolute atomic E-state index is 0.0429. The molecule has 3 heterocycles. The molecule has 1 aliphatic heterocycles. The Balaban J connectivity index is 1.60. The summed E-state index contributed by atoms with van der Waals surface area (Å²) >= 11 is 0. The standard InChI is InChI=1S/C24H31N5O/c1-3-10-21-20(24(30)25-13-16-28-14-8-5-9-15-28)17-26-23-22(18(2)27-29(21)23)19-11-6-4-7-12-19/h4,6-7,11-12,17H,3,5,8-10,13-16H2,1-2H3,(H,25,30)/p+1. The molecule has 0 bridgehead atoms. The number of nitrogens with zero attached hydrogens (tertiary/aromatic N) is 3. The van der Waals surface area contributed by atoms with Crippen LogP contribution >= 0.6 is 0 Å². The summed E-state index contributed by atoms with van der Waals surface area (Å²) in [5, 5.41) is 7.90. The van der Waals surface area contributed by atoms with Crippen molar-refractivity contribution in [3.8, 4) is 11.1 Å². The average molecular weight is 407 g/mol. The van der Waals surface area contributed by atoms with Gasteiger partial charge in [0.25, 0.3) is 5.91 Å². The summed E-state index contributed by atoms with van der Waals surface area (Å²) in [5.41, 5.74) is 5.46. The number of hydrogen-bond donors (Lipinski definition) is 2. The largest absolute Gasteiger partial charge is 0.346 e. The number of carbonyl (C=O) groups is 1. The summed E-state index contributed by atoms with van der Waals surface area (Å²) in [6.07, 6.45) is 7.40. The number of carbonyl (C=O) groups excluding carboxylic acids is 1. The van der Waals surface area contributed by atoms with Gasteiger partial charge in [0.2, 0.25) is 0 Å². The Morgan fingerprint density at radius 2 is 1.93 bits per heavy atom. The Bertz CT molecular complexity index is 1010. The molecule has 0 spiro atoms.